The highest BCUT2D eigenvalue weighted by Crippen LogP contribution is 2.18. The Morgan fingerprint density at radius 1 is 1.31 bits per heavy atom. The maximum Gasteiger partial charge on any atom is 0.191 e. The second-order valence-electron chi connectivity index (χ2n) is 8.33. The van der Waals surface area contributed by atoms with Crippen LogP contribution in [-0.2, 0) is 4.74 Å². The van der Waals surface area contributed by atoms with Gasteiger partial charge in [-0.15, -0.1) is 0 Å². The number of nitrogens with one attached hydrogen (secondary N) is 2. The van der Waals surface area contributed by atoms with E-state index in [4.69, 9.17) is 9.73 Å². The van der Waals surface area contributed by atoms with Crippen LogP contribution in [0.15, 0.2) is 23.3 Å². The van der Waals surface area contributed by atoms with Gasteiger partial charge in [-0.2, -0.15) is 0 Å². The molecule has 1 aromatic heterocycles. The average molecular weight is 403 g/mol. The Hall–Kier alpha value is -1.86. The Morgan fingerprint density at radius 2 is 2.10 bits per heavy atom. The van der Waals surface area contributed by atoms with Crippen molar-refractivity contribution in [1.82, 2.24) is 20.5 Å². The molecule has 0 amide bonds. The van der Waals surface area contributed by atoms with Crippen LogP contribution in [0.1, 0.15) is 39.2 Å². The number of piperidine rings is 1. The minimum atomic E-state index is 0.416. The van der Waals surface area contributed by atoms with E-state index >= 15 is 0 Å². The summed E-state index contributed by atoms with van der Waals surface area (Å²) in [7, 11) is 0. The molecule has 2 fully saturated rings. The predicted octanol–water partition coefficient (Wildman–Crippen LogP) is 2.02. The van der Waals surface area contributed by atoms with Gasteiger partial charge in [-0.3, -0.25) is 9.89 Å². The molecule has 2 saturated heterocycles. The molecule has 0 spiro atoms. The number of anilines is 1. The third-order valence-corrected chi connectivity index (χ3v) is 5.90. The van der Waals surface area contributed by atoms with Crippen molar-refractivity contribution in [2.24, 2.45) is 4.99 Å². The summed E-state index contributed by atoms with van der Waals surface area (Å²) in [6, 6.07) is 5.59. The fraction of sp³-hybridized carbons (Fsp3) is 0.727. The molecular weight excluding hydrogens is 364 g/mol. The van der Waals surface area contributed by atoms with Gasteiger partial charge in [0.25, 0.3) is 0 Å². The molecule has 0 radical (unpaired) electrons. The van der Waals surface area contributed by atoms with E-state index < -0.39 is 0 Å². The van der Waals surface area contributed by atoms with Crippen molar-refractivity contribution in [2.75, 3.05) is 50.8 Å². The molecule has 0 aromatic carbocycles. The number of hydrogen-bond donors (Lipinski definition) is 2. The number of aryl methyl sites for hydroxylation is 1. The summed E-state index contributed by atoms with van der Waals surface area (Å²) < 4.78 is 5.56. The van der Waals surface area contributed by atoms with Crippen molar-refractivity contribution in [1.29, 1.82) is 0 Å². The standard InChI is InChI=1S/C22H38N6O/c1-5-23-22(25-15-18(3)28-12-13-29-16-19(28)4)26-20-8-10-27(11-9-20)21-7-6-17(2)14-24-21/h6-7,14,18-20H,5,8-13,15-16H2,1-4H3,(H2,23,25,26). The van der Waals surface area contributed by atoms with E-state index in [1.54, 1.807) is 0 Å². The maximum absolute atomic E-state index is 5.56. The highest BCUT2D eigenvalue weighted by atomic mass is 16.5. The predicted molar refractivity (Wildman–Crippen MR) is 120 cm³/mol. The van der Waals surface area contributed by atoms with Crippen molar-refractivity contribution in [2.45, 2.75) is 58.7 Å². The second kappa shape index (κ2) is 10.8. The number of aliphatic imine (C=N–C) groups is 1. The van der Waals surface area contributed by atoms with Crippen LogP contribution in [0.3, 0.4) is 0 Å². The van der Waals surface area contributed by atoms with Gasteiger partial charge in [-0.05, 0) is 52.2 Å². The van der Waals surface area contributed by atoms with Gasteiger partial charge in [0.15, 0.2) is 5.96 Å². The molecule has 2 unspecified atom stereocenters. The number of rotatable bonds is 6. The van der Waals surface area contributed by atoms with Gasteiger partial charge >= 0.3 is 0 Å². The zero-order chi connectivity index (χ0) is 20.6. The molecule has 2 atom stereocenters. The summed E-state index contributed by atoms with van der Waals surface area (Å²) in [5.74, 6) is 2.02. The quantitative estimate of drug-likeness (QED) is 0.561. The second-order valence-corrected chi connectivity index (χ2v) is 8.33. The van der Waals surface area contributed by atoms with Crippen LogP contribution < -0.4 is 15.5 Å². The minimum Gasteiger partial charge on any atom is -0.379 e. The molecule has 0 aliphatic carbocycles. The van der Waals surface area contributed by atoms with Crippen LogP contribution in [0.4, 0.5) is 5.82 Å². The molecule has 29 heavy (non-hydrogen) atoms. The van der Waals surface area contributed by atoms with Crippen LogP contribution in [0.5, 0.6) is 0 Å². The molecule has 3 rings (SSSR count). The zero-order valence-electron chi connectivity index (χ0n) is 18.5. The fourth-order valence-electron chi connectivity index (χ4n) is 4.14. The first kappa shape index (κ1) is 21.8. The van der Waals surface area contributed by atoms with E-state index in [2.05, 4.69) is 65.2 Å². The number of hydrogen-bond acceptors (Lipinski definition) is 5. The van der Waals surface area contributed by atoms with Crippen molar-refractivity contribution in [3.63, 3.8) is 0 Å². The summed E-state index contributed by atoms with van der Waals surface area (Å²) in [5.41, 5.74) is 1.21. The third kappa shape index (κ3) is 6.31. The number of morpholine rings is 1. The Labute approximate surface area is 175 Å². The first-order chi connectivity index (χ1) is 14.1. The maximum atomic E-state index is 5.56. The molecule has 0 bridgehead atoms. The van der Waals surface area contributed by atoms with Gasteiger partial charge in [0.05, 0.1) is 19.8 Å². The summed E-state index contributed by atoms with van der Waals surface area (Å²) in [4.78, 5) is 14.3. The van der Waals surface area contributed by atoms with Gasteiger partial charge in [-0.1, -0.05) is 6.07 Å². The van der Waals surface area contributed by atoms with Gasteiger partial charge in [0, 0.05) is 50.5 Å². The Bertz CT molecular complexity index is 641. The van der Waals surface area contributed by atoms with Crippen molar-refractivity contribution < 1.29 is 4.74 Å². The monoisotopic (exact) mass is 402 g/mol. The lowest BCUT2D eigenvalue weighted by atomic mass is 10.1. The Kier molecular flexibility index (Phi) is 8.12. The lowest BCUT2D eigenvalue weighted by Gasteiger charge is -2.37. The van der Waals surface area contributed by atoms with Gasteiger partial charge in [0.1, 0.15) is 5.82 Å². The molecule has 0 saturated carbocycles. The summed E-state index contributed by atoms with van der Waals surface area (Å²) >= 11 is 0. The molecule has 3 heterocycles. The Morgan fingerprint density at radius 3 is 2.76 bits per heavy atom. The topological polar surface area (TPSA) is 65.0 Å². The summed E-state index contributed by atoms with van der Waals surface area (Å²) in [6.07, 6.45) is 4.14. The molecule has 1 aromatic rings. The molecule has 162 valence electrons. The summed E-state index contributed by atoms with van der Waals surface area (Å²) in [6.45, 7) is 15.1. The number of guanidine groups is 1. The van der Waals surface area contributed by atoms with Crippen LogP contribution in [0.2, 0.25) is 0 Å². The summed E-state index contributed by atoms with van der Waals surface area (Å²) in [5, 5.41) is 7.07. The first-order valence-corrected chi connectivity index (χ1v) is 11.1. The molecule has 2 aliphatic heterocycles. The fourth-order valence-corrected chi connectivity index (χ4v) is 4.14. The van der Waals surface area contributed by atoms with Crippen LogP contribution in [0, 0.1) is 6.92 Å². The minimum absolute atomic E-state index is 0.416. The van der Waals surface area contributed by atoms with E-state index in [0.717, 1.165) is 70.6 Å². The highest BCUT2D eigenvalue weighted by Gasteiger charge is 2.24. The number of aromatic nitrogens is 1. The van der Waals surface area contributed by atoms with E-state index in [9.17, 15) is 0 Å². The molecule has 7 nitrogen and oxygen atoms in total. The van der Waals surface area contributed by atoms with E-state index in [-0.39, 0.29) is 0 Å². The zero-order valence-corrected chi connectivity index (χ0v) is 18.5. The lowest BCUT2D eigenvalue weighted by Crippen LogP contribution is -2.51. The van der Waals surface area contributed by atoms with Gasteiger partial charge in [-0.25, -0.2) is 4.98 Å². The SMILES string of the molecule is CCNC(=NCC(C)N1CCOCC1C)NC1CCN(c2ccc(C)cn2)CC1. The number of pyridine rings is 1. The normalized spacial score (nSPS) is 23.1. The van der Waals surface area contributed by atoms with Crippen molar-refractivity contribution >= 4 is 11.8 Å². The van der Waals surface area contributed by atoms with Crippen LogP contribution in [-0.4, -0.2) is 79.9 Å². The smallest absolute Gasteiger partial charge is 0.191 e. The molecule has 2 N–H and O–H groups in total. The Balaban J connectivity index is 1.49. The van der Waals surface area contributed by atoms with E-state index in [1.807, 2.05) is 6.20 Å². The van der Waals surface area contributed by atoms with Gasteiger partial charge < -0.3 is 20.3 Å². The number of nitrogens with zero attached hydrogens (tertiary/aromatic N) is 4. The van der Waals surface area contributed by atoms with Crippen LogP contribution >= 0.6 is 0 Å². The van der Waals surface area contributed by atoms with Gasteiger partial charge in [0.2, 0.25) is 0 Å². The average Bonchev–Trinajstić information content (AvgIpc) is 2.73. The highest BCUT2D eigenvalue weighted by molar-refractivity contribution is 5.80. The molecular formula is C22H38N6O. The van der Waals surface area contributed by atoms with Crippen molar-refractivity contribution in [3.05, 3.63) is 23.9 Å². The largest absolute Gasteiger partial charge is 0.379 e. The molecule has 2 aliphatic rings. The first-order valence-electron chi connectivity index (χ1n) is 11.1. The van der Waals surface area contributed by atoms with E-state index in [0.29, 0.717) is 18.1 Å². The molecule has 7 heteroatoms. The van der Waals surface area contributed by atoms with E-state index in [1.165, 1.54) is 5.56 Å². The van der Waals surface area contributed by atoms with Crippen molar-refractivity contribution in [3.8, 4) is 0 Å². The third-order valence-electron chi connectivity index (χ3n) is 5.90. The number of ether oxygens (including phenoxy) is 1. The van der Waals surface area contributed by atoms with Crippen LogP contribution in [0.25, 0.3) is 0 Å². The lowest BCUT2D eigenvalue weighted by molar-refractivity contribution is -0.0165.